The minimum absolute atomic E-state index is 0.126. The second-order valence-electron chi connectivity index (χ2n) is 7.74. The summed E-state index contributed by atoms with van der Waals surface area (Å²) >= 11 is 0. The molecule has 4 amide bonds. The van der Waals surface area contributed by atoms with Crippen molar-refractivity contribution in [1.82, 2.24) is 15.5 Å². The van der Waals surface area contributed by atoms with Gasteiger partial charge in [-0.2, -0.15) is 0 Å². The van der Waals surface area contributed by atoms with Crippen LogP contribution in [-0.4, -0.2) is 54.0 Å². The van der Waals surface area contributed by atoms with Crippen molar-refractivity contribution in [1.29, 1.82) is 0 Å². The number of ether oxygens (including phenoxy) is 1. The van der Waals surface area contributed by atoms with Crippen LogP contribution in [0.5, 0.6) is 0 Å². The quantitative estimate of drug-likeness (QED) is 0.212. The van der Waals surface area contributed by atoms with Gasteiger partial charge in [-0.25, -0.2) is 0 Å². The molecule has 0 spiro atoms. The average Bonchev–Trinajstić information content (AvgIpc) is 2.87. The molecule has 9 nitrogen and oxygen atoms in total. The molecule has 2 N–H and O–H groups in total. The number of hydrogen-bond acceptors (Lipinski definition) is 6. The second-order valence-corrected chi connectivity index (χ2v) is 7.74. The van der Waals surface area contributed by atoms with Crippen molar-refractivity contribution in [2.24, 2.45) is 5.41 Å². The number of carbonyl (C=O) groups excluding carboxylic acids is 4. The Kier molecular flexibility index (Phi) is 8.52. The molecule has 1 rings (SSSR count). The number of carbonyl (C=O) groups is 4. The van der Waals surface area contributed by atoms with E-state index in [1.807, 2.05) is 0 Å². The van der Waals surface area contributed by atoms with Crippen molar-refractivity contribution in [3.05, 3.63) is 24.4 Å². The summed E-state index contributed by atoms with van der Waals surface area (Å²) in [5.74, 6) is -2.94. The zero-order valence-electron chi connectivity index (χ0n) is 16.7. The maximum absolute atomic E-state index is 11.9. The highest BCUT2D eigenvalue weighted by atomic mass is 16.6. The zero-order chi connectivity index (χ0) is 21.4. The van der Waals surface area contributed by atoms with Crippen LogP contribution in [0.2, 0.25) is 0 Å². The Morgan fingerprint density at radius 3 is 2.36 bits per heavy atom. The lowest BCUT2D eigenvalue weighted by molar-refractivity contribution is -0.544. The number of imide groups is 1. The Morgan fingerprint density at radius 2 is 1.79 bits per heavy atom. The molecule has 0 radical (unpaired) electrons. The van der Waals surface area contributed by atoms with E-state index in [2.05, 4.69) is 10.6 Å². The van der Waals surface area contributed by atoms with Gasteiger partial charge in [-0.1, -0.05) is 27.7 Å². The molecule has 0 atom stereocenters. The molecule has 0 aromatic rings. The van der Waals surface area contributed by atoms with E-state index in [0.29, 0.717) is 6.42 Å². The summed E-state index contributed by atoms with van der Waals surface area (Å²) in [4.78, 5) is 47.4. The Morgan fingerprint density at radius 1 is 1.18 bits per heavy atom. The summed E-state index contributed by atoms with van der Waals surface area (Å²) in [6.45, 7) is 7.07. The summed E-state index contributed by atoms with van der Waals surface area (Å²) in [5.41, 5.74) is -0.527. The van der Waals surface area contributed by atoms with Gasteiger partial charge in [0.2, 0.25) is 11.8 Å². The Balaban J connectivity index is 2.23. The largest absolute Gasteiger partial charge is 0.829 e. The van der Waals surface area contributed by atoms with Gasteiger partial charge in [0.1, 0.15) is 0 Å². The third kappa shape index (κ3) is 9.43. The van der Waals surface area contributed by atoms with Crippen molar-refractivity contribution in [2.45, 2.75) is 46.3 Å². The first-order valence-corrected chi connectivity index (χ1v) is 9.01. The van der Waals surface area contributed by atoms with Gasteiger partial charge in [0.25, 0.3) is 11.8 Å². The summed E-state index contributed by atoms with van der Waals surface area (Å²) in [7, 11) is 0. The van der Waals surface area contributed by atoms with Crippen LogP contribution in [-0.2, 0) is 23.9 Å². The predicted octanol–water partition coefficient (Wildman–Crippen LogP) is -0.423. The highest BCUT2D eigenvalue weighted by Crippen LogP contribution is 2.22. The molecule has 0 saturated heterocycles. The number of hydrogen-bond donors (Lipinski definition) is 2. The SMILES string of the molecule is CC(C)(COC(C)(C)[O-])CC(=O)N/C=C\C(=O)NCCCN1C(=O)C=CC1=O. The van der Waals surface area contributed by atoms with Gasteiger partial charge in [0.15, 0.2) is 0 Å². The van der Waals surface area contributed by atoms with Crippen LogP contribution in [0, 0.1) is 5.41 Å². The summed E-state index contributed by atoms with van der Waals surface area (Å²) in [6.07, 6.45) is 5.39. The van der Waals surface area contributed by atoms with Gasteiger partial charge in [-0.3, -0.25) is 24.1 Å². The smallest absolute Gasteiger partial charge is 0.253 e. The van der Waals surface area contributed by atoms with Crippen LogP contribution in [0.3, 0.4) is 0 Å². The van der Waals surface area contributed by atoms with E-state index >= 15 is 0 Å². The summed E-state index contributed by atoms with van der Waals surface area (Å²) in [6, 6.07) is 0. The lowest BCUT2D eigenvalue weighted by Gasteiger charge is -2.36. The van der Waals surface area contributed by atoms with Crippen LogP contribution in [0.15, 0.2) is 24.4 Å². The molecular weight excluding hydrogens is 366 g/mol. The van der Waals surface area contributed by atoms with Gasteiger partial charge < -0.3 is 20.5 Å². The molecule has 1 heterocycles. The lowest BCUT2D eigenvalue weighted by Crippen LogP contribution is -2.43. The van der Waals surface area contributed by atoms with Crippen LogP contribution < -0.4 is 15.7 Å². The first kappa shape index (κ1) is 23.5. The van der Waals surface area contributed by atoms with Crippen LogP contribution in [0.1, 0.15) is 40.5 Å². The van der Waals surface area contributed by atoms with Crippen LogP contribution in [0.25, 0.3) is 0 Å². The molecule has 0 fully saturated rings. The van der Waals surface area contributed by atoms with Gasteiger partial charge >= 0.3 is 0 Å². The van der Waals surface area contributed by atoms with E-state index in [0.717, 1.165) is 4.90 Å². The van der Waals surface area contributed by atoms with Gasteiger partial charge in [-0.05, 0) is 17.6 Å². The third-order valence-corrected chi connectivity index (χ3v) is 3.69. The lowest BCUT2D eigenvalue weighted by atomic mass is 9.90. The van der Waals surface area contributed by atoms with Crippen molar-refractivity contribution in [2.75, 3.05) is 19.7 Å². The topological polar surface area (TPSA) is 128 Å². The van der Waals surface area contributed by atoms with Crippen LogP contribution >= 0.6 is 0 Å². The first-order chi connectivity index (χ1) is 12.9. The van der Waals surface area contributed by atoms with Crippen molar-refractivity contribution >= 4 is 23.6 Å². The van der Waals surface area contributed by atoms with E-state index in [1.165, 1.54) is 38.3 Å². The Hall–Kier alpha value is -2.52. The molecule has 0 aliphatic carbocycles. The van der Waals surface area contributed by atoms with Gasteiger partial charge in [0.05, 0.1) is 6.61 Å². The second kappa shape index (κ2) is 10.1. The fourth-order valence-electron chi connectivity index (χ4n) is 2.28. The predicted molar refractivity (Wildman–Crippen MR) is 99.2 cm³/mol. The molecule has 0 unspecified atom stereocenters. The molecular formula is C19H28N3O6-. The van der Waals surface area contributed by atoms with Gasteiger partial charge in [0, 0.05) is 43.9 Å². The van der Waals surface area contributed by atoms with Crippen molar-refractivity contribution < 1.29 is 29.0 Å². The molecule has 0 saturated carbocycles. The zero-order valence-corrected chi connectivity index (χ0v) is 16.7. The van der Waals surface area contributed by atoms with Crippen molar-refractivity contribution in [3.63, 3.8) is 0 Å². The number of rotatable bonds is 11. The molecule has 0 aromatic carbocycles. The number of nitrogens with zero attached hydrogens (tertiary/aromatic N) is 1. The highest BCUT2D eigenvalue weighted by Gasteiger charge is 2.24. The first-order valence-electron chi connectivity index (χ1n) is 9.01. The van der Waals surface area contributed by atoms with E-state index in [4.69, 9.17) is 4.74 Å². The van der Waals surface area contributed by atoms with E-state index < -0.39 is 17.1 Å². The maximum Gasteiger partial charge on any atom is 0.253 e. The molecule has 1 aliphatic rings. The molecule has 0 aromatic heterocycles. The summed E-state index contributed by atoms with van der Waals surface area (Å²) in [5, 5.41) is 16.6. The maximum atomic E-state index is 11.9. The van der Waals surface area contributed by atoms with Crippen molar-refractivity contribution in [3.8, 4) is 0 Å². The fraction of sp³-hybridized carbons (Fsp3) is 0.579. The Bertz CT molecular complexity index is 643. The Labute approximate surface area is 164 Å². The number of amides is 4. The molecule has 0 bridgehead atoms. The normalized spacial score (nSPS) is 14.8. The molecule has 9 heteroatoms. The van der Waals surface area contributed by atoms with E-state index in [1.54, 1.807) is 13.8 Å². The standard InChI is InChI=1S/C19H28N3O6/c1-18(2,13-28-19(3,4)27)12-15(24)21-10-8-14(23)20-9-5-11-22-16(25)6-7-17(22)26/h6-8,10H,5,9,11-13H2,1-4H3,(H,20,23)(H,21,24)/q-1/b10-8-. The minimum Gasteiger partial charge on any atom is -0.829 e. The monoisotopic (exact) mass is 394 g/mol. The van der Waals surface area contributed by atoms with Crippen LogP contribution in [0.4, 0.5) is 0 Å². The molecule has 156 valence electrons. The fourth-order valence-corrected chi connectivity index (χ4v) is 2.28. The van der Waals surface area contributed by atoms with Gasteiger partial charge in [-0.15, -0.1) is 0 Å². The molecule has 1 aliphatic heterocycles. The van der Waals surface area contributed by atoms with E-state index in [-0.39, 0.29) is 43.8 Å². The highest BCUT2D eigenvalue weighted by molar-refractivity contribution is 6.12. The summed E-state index contributed by atoms with van der Waals surface area (Å²) < 4.78 is 5.18. The average molecular weight is 394 g/mol. The number of nitrogens with one attached hydrogen (secondary N) is 2. The minimum atomic E-state index is -1.52. The third-order valence-electron chi connectivity index (χ3n) is 3.69. The molecule has 28 heavy (non-hydrogen) atoms. The van der Waals surface area contributed by atoms with E-state index in [9.17, 15) is 24.3 Å².